The van der Waals surface area contributed by atoms with Gasteiger partial charge in [0.1, 0.15) is 5.82 Å². The number of anilines is 1. The number of carbonyl (C=O) groups is 2. The standard InChI is InChI=1S/C15H17FN2O2/c1-2-3-14(19)17-9-11-8-15(20)18(10-11)13-6-4-12(16)5-7-13/h2-7,11H,8-10H2,1H3,(H,17,19)/b3-2-. The summed E-state index contributed by atoms with van der Waals surface area (Å²) in [5.41, 5.74) is 0.693. The van der Waals surface area contributed by atoms with E-state index in [1.165, 1.54) is 18.2 Å². The van der Waals surface area contributed by atoms with Crippen molar-refractivity contribution in [1.82, 2.24) is 5.32 Å². The highest BCUT2D eigenvalue weighted by molar-refractivity contribution is 5.95. The van der Waals surface area contributed by atoms with Crippen LogP contribution in [-0.2, 0) is 9.59 Å². The fraction of sp³-hybridized carbons (Fsp3) is 0.333. The average Bonchev–Trinajstić information content (AvgIpc) is 2.79. The Morgan fingerprint density at radius 1 is 1.45 bits per heavy atom. The van der Waals surface area contributed by atoms with Gasteiger partial charge in [0, 0.05) is 31.1 Å². The molecule has 4 nitrogen and oxygen atoms in total. The first-order valence-corrected chi connectivity index (χ1v) is 6.56. The molecule has 0 aliphatic carbocycles. The molecule has 106 valence electrons. The van der Waals surface area contributed by atoms with Crippen molar-refractivity contribution in [3.05, 3.63) is 42.2 Å². The first-order chi connectivity index (χ1) is 9.60. The first-order valence-electron chi connectivity index (χ1n) is 6.56. The number of nitrogens with one attached hydrogen (secondary N) is 1. The number of halogens is 1. The lowest BCUT2D eigenvalue weighted by Crippen LogP contribution is -2.30. The molecule has 1 aliphatic heterocycles. The quantitative estimate of drug-likeness (QED) is 0.853. The summed E-state index contributed by atoms with van der Waals surface area (Å²) >= 11 is 0. The lowest BCUT2D eigenvalue weighted by molar-refractivity contribution is -0.118. The lowest BCUT2D eigenvalue weighted by atomic mass is 10.1. The summed E-state index contributed by atoms with van der Waals surface area (Å²) in [7, 11) is 0. The van der Waals surface area contributed by atoms with Crippen molar-refractivity contribution in [2.24, 2.45) is 5.92 Å². The largest absolute Gasteiger partial charge is 0.352 e. The molecule has 0 saturated carbocycles. The van der Waals surface area contributed by atoms with Gasteiger partial charge in [0.25, 0.3) is 0 Å². The van der Waals surface area contributed by atoms with Crippen molar-refractivity contribution in [3.8, 4) is 0 Å². The van der Waals surface area contributed by atoms with Crippen LogP contribution >= 0.6 is 0 Å². The van der Waals surface area contributed by atoms with E-state index in [-0.39, 0.29) is 23.5 Å². The van der Waals surface area contributed by atoms with Crippen LogP contribution in [0.2, 0.25) is 0 Å². The molecule has 1 aromatic carbocycles. The Morgan fingerprint density at radius 2 is 2.15 bits per heavy atom. The van der Waals surface area contributed by atoms with Gasteiger partial charge in [-0.05, 0) is 37.3 Å². The number of hydrogen-bond acceptors (Lipinski definition) is 2. The topological polar surface area (TPSA) is 49.4 Å². The molecule has 0 bridgehead atoms. The van der Waals surface area contributed by atoms with E-state index in [0.717, 1.165) is 0 Å². The SMILES string of the molecule is C/C=C\C(=O)NCC1CC(=O)N(c2ccc(F)cc2)C1. The molecule has 0 radical (unpaired) electrons. The van der Waals surface area contributed by atoms with Crippen molar-refractivity contribution in [2.45, 2.75) is 13.3 Å². The van der Waals surface area contributed by atoms with Gasteiger partial charge in [-0.15, -0.1) is 0 Å². The Kier molecular flexibility index (Phi) is 4.50. The van der Waals surface area contributed by atoms with E-state index >= 15 is 0 Å². The zero-order valence-corrected chi connectivity index (χ0v) is 11.3. The van der Waals surface area contributed by atoms with E-state index in [9.17, 15) is 14.0 Å². The summed E-state index contributed by atoms with van der Waals surface area (Å²) in [6.45, 7) is 2.78. The van der Waals surface area contributed by atoms with E-state index in [0.29, 0.717) is 25.2 Å². The fourth-order valence-corrected chi connectivity index (χ4v) is 2.24. The van der Waals surface area contributed by atoms with Gasteiger partial charge in [-0.3, -0.25) is 9.59 Å². The summed E-state index contributed by atoms with van der Waals surface area (Å²) < 4.78 is 12.9. The molecule has 2 rings (SSSR count). The number of amides is 2. The van der Waals surface area contributed by atoms with E-state index in [1.807, 2.05) is 0 Å². The summed E-state index contributed by atoms with van der Waals surface area (Å²) in [4.78, 5) is 24.9. The molecule has 0 spiro atoms. The zero-order chi connectivity index (χ0) is 14.5. The van der Waals surface area contributed by atoms with Crippen molar-refractivity contribution >= 4 is 17.5 Å². The summed E-state index contributed by atoms with van der Waals surface area (Å²) in [5, 5.41) is 2.76. The lowest BCUT2D eigenvalue weighted by Gasteiger charge is -2.16. The van der Waals surface area contributed by atoms with Gasteiger partial charge in [-0.25, -0.2) is 4.39 Å². The van der Waals surface area contributed by atoms with Gasteiger partial charge in [0.05, 0.1) is 0 Å². The third-order valence-electron chi connectivity index (χ3n) is 3.23. The molecule has 1 N–H and O–H groups in total. The molecule has 1 saturated heterocycles. The Morgan fingerprint density at radius 3 is 2.80 bits per heavy atom. The van der Waals surface area contributed by atoms with Gasteiger partial charge in [-0.2, -0.15) is 0 Å². The molecule has 5 heteroatoms. The molecule has 2 amide bonds. The maximum absolute atomic E-state index is 12.9. The molecule has 1 heterocycles. The Balaban J connectivity index is 1.93. The van der Waals surface area contributed by atoms with Crippen LogP contribution in [0.1, 0.15) is 13.3 Å². The van der Waals surface area contributed by atoms with Crippen LogP contribution in [0.4, 0.5) is 10.1 Å². The van der Waals surface area contributed by atoms with Crippen LogP contribution in [0, 0.1) is 11.7 Å². The number of benzene rings is 1. The Hall–Kier alpha value is -2.17. The minimum Gasteiger partial charge on any atom is -0.352 e. The monoisotopic (exact) mass is 276 g/mol. The number of rotatable bonds is 4. The summed E-state index contributed by atoms with van der Waals surface area (Å²) in [6.07, 6.45) is 3.52. The van der Waals surface area contributed by atoms with Crippen LogP contribution in [0.25, 0.3) is 0 Å². The highest BCUT2D eigenvalue weighted by Gasteiger charge is 2.30. The second-order valence-corrected chi connectivity index (χ2v) is 4.80. The highest BCUT2D eigenvalue weighted by Crippen LogP contribution is 2.24. The number of nitrogens with zero attached hydrogens (tertiary/aromatic N) is 1. The van der Waals surface area contributed by atoms with Gasteiger partial charge in [0.2, 0.25) is 11.8 Å². The van der Waals surface area contributed by atoms with Crippen LogP contribution in [0.5, 0.6) is 0 Å². The van der Waals surface area contributed by atoms with Gasteiger partial charge in [0.15, 0.2) is 0 Å². The molecular weight excluding hydrogens is 259 g/mol. The minimum absolute atomic E-state index is 0.00175. The van der Waals surface area contributed by atoms with Crippen LogP contribution < -0.4 is 10.2 Å². The molecule has 1 aromatic rings. The molecule has 1 aliphatic rings. The molecule has 20 heavy (non-hydrogen) atoms. The van der Waals surface area contributed by atoms with E-state index < -0.39 is 0 Å². The average molecular weight is 276 g/mol. The molecule has 1 unspecified atom stereocenters. The maximum atomic E-state index is 12.9. The number of carbonyl (C=O) groups excluding carboxylic acids is 2. The van der Waals surface area contributed by atoms with Gasteiger partial charge in [-0.1, -0.05) is 6.08 Å². The van der Waals surface area contributed by atoms with Gasteiger partial charge >= 0.3 is 0 Å². The minimum atomic E-state index is -0.324. The highest BCUT2D eigenvalue weighted by atomic mass is 19.1. The number of hydrogen-bond donors (Lipinski definition) is 1. The third kappa shape index (κ3) is 3.44. The van der Waals surface area contributed by atoms with Gasteiger partial charge < -0.3 is 10.2 Å². The predicted octanol–water partition coefficient (Wildman–Crippen LogP) is 1.87. The van der Waals surface area contributed by atoms with Crippen LogP contribution in [-0.4, -0.2) is 24.9 Å². The smallest absolute Gasteiger partial charge is 0.243 e. The molecule has 0 aromatic heterocycles. The van der Waals surface area contributed by atoms with E-state index in [1.54, 1.807) is 30.0 Å². The molecule has 1 atom stereocenters. The molecule has 1 fully saturated rings. The number of allylic oxidation sites excluding steroid dienone is 1. The third-order valence-corrected chi connectivity index (χ3v) is 3.23. The second kappa shape index (κ2) is 6.32. The first kappa shape index (κ1) is 14.2. The Bertz CT molecular complexity index is 525. The van der Waals surface area contributed by atoms with Crippen molar-refractivity contribution < 1.29 is 14.0 Å². The second-order valence-electron chi connectivity index (χ2n) is 4.80. The normalized spacial score (nSPS) is 18.8. The van der Waals surface area contributed by atoms with E-state index in [4.69, 9.17) is 0 Å². The Labute approximate surface area is 117 Å². The van der Waals surface area contributed by atoms with Crippen molar-refractivity contribution in [2.75, 3.05) is 18.0 Å². The summed E-state index contributed by atoms with van der Waals surface area (Å²) in [6, 6.07) is 5.86. The maximum Gasteiger partial charge on any atom is 0.243 e. The van der Waals surface area contributed by atoms with Crippen LogP contribution in [0.3, 0.4) is 0 Å². The predicted molar refractivity (Wildman–Crippen MR) is 74.7 cm³/mol. The fourth-order valence-electron chi connectivity index (χ4n) is 2.24. The van der Waals surface area contributed by atoms with Crippen molar-refractivity contribution in [3.63, 3.8) is 0 Å². The van der Waals surface area contributed by atoms with Crippen LogP contribution in [0.15, 0.2) is 36.4 Å². The zero-order valence-electron chi connectivity index (χ0n) is 11.3. The summed E-state index contributed by atoms with van der Waals surface area (Å²) in [5.74, 6) is -0.389. The molecular formula is C15H17FN2O2. The van der Waals surface area contributed by atoms with Crippen molar-refractivity contribution in [1.29, 1.82) is 0 Å². The van der Waals surface area contributed by atoms with E-state index in [2.05, 4.69) is 5.32 Å².